The molecule has 0 atom stereocenters. The summed E-state index contributed by atoms with van der Waals surface area (Å²) >= 11 is 0. The second kappa shape index (κ2) is 6.76. The number of aromatic nitrogens is 2. The van der Waals surface area contributed by atoms with Gasteiger partial charge in [-0.25, -0.2) is 4.98 Å². The molecule has 1 N–H and O–H groups in total. The smallest absolute Gasteiger partial charge is 0.119 e. The Hall–Kier alpha value is -1.81. The van der Waals surface area contributed by atoms with Gasteiger partial charge in [-0.1, -0.05) is 19.1 Å². The lowest BCUT2D eigenvalue weighted by molar-refractivity contribution is 0.296. The Kier molecular flexibility index (Phi) is 4.55. The molecule has 1 aromatic carbocycles. The molecule has 1 saturated carbocycles. The van der Waals surface area contributed by atoms with Crippen molar-refractivity contribution < 1.29 is 4.74 Å². The highest BCUT2D eigenvalue weighted by Gasteiger charge is 2.19. The van der Waals surface area contributed by atoms with E-state index in [1.54, 1.807) is 0 Å². The molecule has 1 aliphatic carbocycles. The van der Waals surface area contributed by atoms with Gasteiger partial charge in [0.2, 0.25) is 0 Å². The van der Waals surface area contributed by atoms with E-state index in [2.05, 4.69) is 40.0 Å². The van der Waals surface area contributed by atoms with Crippen molar-refractivity contribution in [2.24, 2.45) is 0 Å². The van der Waals surface area contributed by atoms with Crippen LogP contribution in [0, 0.1) is 0 Å². The first-order valence-corrected chi connectivity index (χ1v) is 7.80. The minimum absolute atomic E-state index is 0.670. The zero-order valence-corrected chi connectivity index (χ0v) is 12.6. The maximum Gasteiger partial charge on any atom is 0.119 e. The van der Waals surface area contributed by atoms with E-state index >= 15 is 0 Å². The van der Waals surface area contributed by atoms with Gasteiger partial charge in [-0.05, 0) is 30.5 Å². The van der Waals surface area contributed by atoms with E-state index in [0.29, 0.717) is 6.61 Å². The van der Waals surface area contributed by atoms with Gasteiger partial charge in [-0.15, -0.1) is 0 Å². The van der Waals surface area contributed by atoms with Gasteiger partial charge in [0.05, 0.1) is 6.54 Å². The SMILES string of the molecule is CCc1nccn1CCOc1cccc(CNC2CC2)c1. The number of benzene rings is 1. The Bertz CT molecular complexity index is 575. The fraction of sp³-hybridized carbons (Fsp3) is 0.471. The molecule has 2 aromatic rings. The van der Waals surface area contributed by atoms with Gasteiger partial charge in [0.1, 0.15) is 18.2 Å². The van der Waals surface area contributed by atoms with Gasteiger partial charge in [0.25, 0.3) is 0 Å². The molecule has 0 saturated heterocycles. The number of nitrogens with one attached hydrogen (secondary N) is 1. The quantitative estimate of drug-likeness (QED) is 0.810. The van der Waals surface area contributed by atoms with Crippen LogP contribution in [0.2, 0.25) is 0 Å². The average Bonchev–Trinajstić information content (AvgIpc) is 3.23. The summed E-state index contributed by atoms with van der Waals surface area (Å²) in [4.78, 5) is 4.32. The van der Waals surface area contributed by atoms with Crippen LogP contribution >= 0.6 is 0 Å². The van der Waals surface area contributed by atoms with E-state index in [1.807, 2.05) is 18.5 Å². The molecule has 0 radical (unpaired) electrons. The van der Waals surface area contributed by atoms with Crippen molar-refractivity contribution in [3.8, 4) is 5.75 Å². The van der Waals surface area contributed by atoms with Crippen LogP contribution in [0.25, 0.3) is 0 Å². The van der Waals surface area contributed by atoms with Crippen molar-refractivity contribution in [2.75, 3.05) is 6.61 Å². The van der Waals surface area contributed by atoms with E-state index in [9.17, 15) is 0 Å². The molecule has 0 bridgehead atoms. The van der Waals surface area contributed by atoms with Gasteiger partial charge < -0.3 is 14.6 Å². The Morgan fingerprint density at radius 2 is 2.29 bits per heavy atom. The topological polar surface area (TPSA) is 39.1 Å². The summed E-state index contributed by atoms with van der Waals surface area (Å²) in [5.41, 5.74) is 1.29. The van der Waals surface area contributed by atoms with E-state index in [1.165, 1.54) is 18.4 Å². The molecule has 0 aliphatic heterocycles. The molecule has 1 heterocycles. The molecule has 1 fully saturated rings. The summed E-state index contributed by atoms with van der Waals surface area (Å²) in [5.74, 6) is 2.06. The summed E-state index contributed by atoms with van der Waals surface area (Å²) in [6, 6.07) is 9.10. The molecule has 112 valence electrons. The van der Waals surface area contributed by atoms with Crippen molar-refractivity contribution in [1.82, 2.24) is 14.9 Å². The summed E-state index contributed by atoms with van der Waals surface area (Å²) in [5, 5.41) is 3.53. The lowest BCUT2D eigenvalue weighted by Crippen LogP contribution is -2.15. The predicted molar refractivity (Wildman–Crippen MR) is 83.4 cm³/mol. The number of aryl methyl sites for hydroxylation is 1. The summed E-state index contributed by atoms with van der Waals surface area (Å²) in [6.07, 6.45) is 7.46. The monoisotopic (exact) mass is 285 g/mol. The van der Waals surface area contributed by atoms with Crippen LogP contribution < -0.4 is 10.1 Å². The zero-order chi connectivity index (χ0) is 14.5. The van der Waals surface area contributed by atoms with Crippen molar-refractivity contribution in [1.29, 1.82) is 0 Å². The third-order valence-electron chi connectivity index (χ3n) is 3.79. The Morgan fingerprint density at radius 1 is 1.38 bits per heavy atom. The number of hydrogen-bond acceptors (Lipinski definition) is 3. The predicted octanol–water partition coefficient (Wildman–Crippen LogP) is 2.78. The van der Waals surface area contributed by atoms with E-state index < -0.39 is 0 Å². The molecule has 1 aliphatic rings. The largest absolute Gasteiger partial charge is 0.492 e. The van der Waals surface area contributed by atoms with Gasteiger partial charge in [-0.2, -0.15) is 0 Å². The number of ether oxygens (including phenoxy) is 1. The standard InChI is InChI=1S/C17H23N3O/c1-2-17-18-8-9-20(17)10-11-21-16-5-3-4-14(12-16)13-19-15-6-7-15/h3-5,8-9,12,15,19H,2,6-7,10-11,13H2,1H3. The fourth-order valence-electron chi connectivity index (χ4n) is 2.41. The van der Waals surface area contributed by atoms with E-state index in [0.717, 1.165) is 37.1 Å². The van der Waals surface area contributed by atoms with Crippen LogP contribution in [0.1, 0.15) is 31.2 Å². The first-order chi connectivity index (χ1) is 10.3. The molecule has 4 heteroatoms. The molecule has 0 spiro atoms. The van der Waals surface area contributed by atoms with Crippen molar-refractivity contribution >= 4 is 0 Å². The van der Waals surface area contributed by atoms with E-state index in [4.69, 9.17) is 4.74 Å². The lowest BCUT2D eigenvalue weighted by atomic mass is 10.2. The molecule has 0 unspecified atom stereocenters. The third-order valence-corrected chi connectivity index (χ3v) is 3.79. The maximum absolute atomic E-state index is 5.87. The van der Waals surface area contributed by atoms with Crippen LogP contribution in [0.3, 0.4) is 0 Å². The maximum atomic E-state index is 5.87. The van der Waals surface area contributed by atoms with Crippen LogP contribution in [-0.2, 0) is 19.5 Å². The molecule has 21 heavy (non-hydrogen) atoms. The van der Waals surface area contributed by atoms with E-state index in [-0.39, 0.29) is 0 Å². The van der Waals surface area contributed by atoms with Gasteiger partial charge in [0, 0.05) is 31.4 Å². The van der Waals surface area contributed by atoms with Gasteiger partial charge in [-0.3, -0.25) is 0 Å². The van der Waals surface area contributed by atoms with Crippen LogP contribution in [0.15, 0.2) is 36.7 Å². The second-order valence-corrected chi connectivity index (χ2v) is 5.54. The van der Waals surface area contributed by atoms with Crippen molar-refractivity contribution in [2.45, 2.75) is 45.3 Å². The molecule has 4 nitrogen and oxygen atoms in total. The molecule has 1 aromatic heterocycles. The van der Waals surface area contributed by atoms with Crippen LogP contribution in [0.5, 0.6) is 5.75 Å². The average molecular weight is 285 g/mol. The second-order valence-electron chi connectivity index (χ2n) is 5.54. The molecule has 0 amide bonds. The fourth-order valence-corrected chi connectivity index (χ4v) is 2.41. The summed E-state index contributed by atoms with van der Waals surface area (Å²) < 4.78 is 8.02. The Labute approximate surface area is 126 Å². The van der Waals surface area contributed by atoms with Crippen LogP contribution in [-0.4, -0.2) is 22.2 Å². The Morgan fingerprint density at radius 3 is 3.10 bits per heavy atom. The minimum atomic E-state index is 0.670. The first kappa shape index (κ1) is 14.1. The summed E-state index contributed by atoms with van der Waals surface area (Å²) in [7, 11) is 0. The minimum Gasteiger partial charge on any atom is -0.492 e. The molecule has 3 rings (SSSR count). The first-order valence-electron chi connectivity index (χ1n) is 7.80. The highest BCUT2D eigenvalue weighted by Crippen LogP contribution is 2.20. The third kappa shape index (κ3) is 4.08. The van der Waals surface area contributed by atoms with Crippen molar-refractivity contribution in [3.63, 3.8) is 0 Å². The molecular weight excluding hydrogens is 262 g/mol. The highest BCUT2D eigenvalue weighted by molar-refractivity contribution is 5.28. The normalized spacial score (nSPS) is 14.3. The number of imidazole rings is 1. The molecular formula is C17H23N3O. The number of nitrogens with zero attached hydrogens (tertiary/aromatic N) is 2. The number of hydrogen-bond donors (Lipinski definition) is 1. The zero-order valence-electron chi connectivity index (χ0n) is 12.6. The van der Waals surface area contributed by atoms with Gasteiger partial charge >= 0.3 is 0 Å². The Balaban J connectivity index is 1.49. The lowest BCUT2D eigenvalue weighted by Gasteiger charge is -2.10. The number of rotatable bonds is 8. The van der Waals surface area contributed by atoms with Crippen molar-refractivity contribution in [3.05, 3.63) is 48.0 Å². The van der Waals surface area contributed by atoms with Gasteiger partial charge in [0.15, 0.2) is 0 Å². The summed E-state index contributed by atoms with van der Waals surface area (Å²) in [6.45, 7) is 4.57. The highest BCUT2D eigenvalue weighted by atomic mass is 16.5. The van der Waals surface area contributed by atoms with Crippen LogP contribution in [0.4, 0.5) is 0 Å².